The van der Waals surface area contributed by atoms with E-state index in [-0.39, 0.29) is 11.5 Å². The second kappa shape index (κ2) is 3.28. The molecule has 0 amide bonds. The van der Waals surface area contributed by atoms with E-state index in [9.17, 15) is 5.11 Å². The van der Waals surface area contributed by atoms with Crippen molar-refractivity contribution in [2.24, 2.45) is 5.73 Å². The molecular formula is C9H11NO2. The Morgan fingerprint density at radius 1 is 1.42 bits per heavy atom. The summed E-state index contributed by atoms with van der Waals surface area (Å²) in [7, 11) is 0. The van der Waals surface area contributed by atoms with E-state index in [1.165, 1.54) is 12.1 Å². The zero-order valence-corrected chi connectivity index (χ0v) is 6.57. The standard InChI is InChI=1S/C9H11NO2/c1-2-7(10)6-4-3-5-8(11)9(6)12/h2-5,7,11-12H,1,10H2/t7-/m0/s1. The molecule has 0 aliphatic carbocycles. The maximum absolute atomic E-state index is 9.32. The Hall–Kier alpha value is -1.48. The van der Waals surface area contributed by atoms with Crippen LogP contribution in [-0.2, 0) is 0 Å². The topological polar surface area (TPSA) is 66.5 Å². The zero-order chi connectivity index (χ0) is 9.14. The van der Waals surface area contributed by atoms with Crippen LogP contribution in [0.2, 0.25) is 0 Å². The third-order valence-electron chi connectivity index (χ3n) is 1.66. The molecule has 0 aromatic heterocycles. The average Bonchev–Trinajstić information content (AvgIpc) is 2.08. The number of rotatable bonds is 2. The number of nitrogens with two attached hydrogens (primary N) is 1. The Morgan fingerprint density at radius 3 is 2.67 bits per heavy atom. The fourth-order valence-corrected chi connectivity index (χ4v) is 0.945. The highest BCUT2D eigenvalue weighted by Crippen LogP contribution is 2.31. The molecule has 3 nitrogen and oxygen atoms in total. The number of para-hydroxylation sites is 1. The van der Waals surface area contributed by atoms with E-state index in [0.29, 0.717) is 5.56 Å². The molecule has 0 spiro atoms. The van der Waals surface area contributed by atoms with Crippen molar-refractivity contribution >= 4 is 0 Å². The molecule has 0 heterocycles. The van der Waals surface area contributed by atoms with Crippen LogP contribution in [0.5, 0.6) is 11.5 Å². The smallest absolute Gasteiger partial charge is 0.162 e. The van der Waals surface area contributed by atoms with Crippen molar-refractivity contribution in [2.45, 2.75) is 6.04 Å². The van der Waals surface area contributed by atoms with Crippen LogP contribution >= 0.6 is 0 Å². The molecule has 1 aromatic carbocycles. The van der Waals surface area contributed by atoms with Gasteiger partial charge in [0.2, 0.25) is 0 Å². The van der Waals surface area contributed by atoms with Gasteiger partial charge < -0.3 is 15.9 Å². The molecule has 0 unspecified atom stereocenters. The predicted octanol–water partition coefficient (Wildman–Crippen LogP) is 1.28. The Labute approximate surface area is 70.8 Å². The van der Waals surface area contributed by atoms with Gasteiger partial charge in [-0.2, -0.15) is 0 Å². The summed E-state index contributed by atoms with van der Waals surface area (Å²) in [5, 5.41) is 18.4. The van der Waals surface area contributed by atoms with Crippen molar-refractivity contribution < 1.29 is 10.2 Å². The third-order valence-corrected chi connectivity index (χ3v) is 1.66. The molecule has 1 rings (SSSR count). The Balaban J connectivity index is 3.15. The highest BCUT2D eigenvalue weighted by Gasteiger charge is 2.09. The van der Waals surface area contributed by atoms with Gasteiger partial charge in [-0.1, -0.05) is 18.2 Å². The summed E-state index contributed by atoms with van der Waals surface area (Å²) in [4.78, 5) is 0. The van der Waals surface area contributed by atoms with Gasteiger partial charge in [0.05, 0.1) is 6.04 Å². The summed E-state index contributed by atoms with van der Waals surface area (Å²) in [6.45, 7) is 3.49. The summed E-state index contributed by atoms with van der Waals surface area (Å²) in [5.74, 6) is -0.338. The summed E-state index contributed by atoms with van der Waals surface area (Å²) in [6.07, 6.45) is 1.49. The number of benzene rings is 1. The van der Waals surface area contributed by atoms with Crippen molar-refractivity contribution in [3.05, 3.63) is 36.4 Å². The Kier molecular flexibility index (Phi) is 2.35. The van der Waals surface area contributed by atoms with Gasteiger partial charge in [-0.3, -0.25) is 0 Å². The average molecular weight is 165 g/mol. The molecule has 4 N–H and O–H groups in total. The number of phenolic OH excluding ortho intramolecular Hbond substituents is 2. The van der Waals surface area contributed by atoms with Crippen molar-refractivity contribution in [3.8, 4) is 11.5 Å². The molecule has 1 aromatic rings. The minimum Gasteiger partial charge on any atom is -0.504 e. The first-order valence-electron chi connectivity index (χ1n) is 3.55. The van der Waals surface area contributed by atoms with E-state index in [4.69, 9.17) is 10.8 Å². The second-order valence-electron chi connectivity index (χ2n) is 2.48. The van der Waals surface area contributed by atoms with Crippen molar-refractivity contribution in [1.82, 2.24) is 0 Å². The SMILES string of the molecule is C=C[C@H](N)c1cccc(O)c1O. The highest BCUT2D eigenvalue weighted by molar-refractivity contribution is 5.46. The fourth-order valence-electron chi connectivity index (χ4n) is 0.945. The summed E-state index contributed by atoms with van der Waals surface area (Å²) in [6, 6.07) is 4.21. The predicted molar refractivity (Wildman–Crippen MR) is 46.9 cm³/mol. The molecule has 0 saturated heterocycles. The van der Waals surface area contributed by atoms with E-state index in [1.54, 1.807) is 12.1 Å². The molecular weight excluding hydrogens is 154 g/mol. The normalized spacial score (nSPS) is 12.4. The number of hydrogen-bond acceptors (Lipinski definition) is 3. The van der Waals surface area contributed by atoms with Crippen LogP contribution < -0.4 is 5.73 Å². The van der Waals surface area contributed by atoms with Gasteiger partial charge in [0.25, 0.3) is 0 Å². The van der Waals surface area contributed by atoms with Crippen LogP contribution in [0, 0.1) is 0 Å². The first kappa shape index (κ1) is 8.62. The molecule has 0 fully saturated rings. The molecule has 3 heteroatoms. The van der Waals surface area contributed by atoms with Crippen LogP contribution in [0.3, 0.4) is 0 Å². The summed E-state index contributed by atoms with van der Waals surface area (Å²) in [5.41, 5.74) is 6.05. The van der Waals surface area contributed by atoms with E-state index in [0.717, 1.165) is 0 Å². The largest absolute Gasteiger partial charge is 0.504 e. The highest BCUT2D eigenvalue weighted by atomic mass is 16.3. The molecule has 0 aliphatic heterocycles. The Bertz CT molecular complexity index is 297. The fraction of sp³-hybridized carbons (Fsp3) is 0.111. The van der Waals surface area contributed by atoms with E-state index >= 15 is 0 Å². The van der Waals surface area contributed by atoms with Gasteiger partial charge in [0.15, 0.2) is 11.5 Å². The maximum atomic E-state index is 9.32. The van der Waals surface area contributed by atoms with Crippen LogP contribution in [0.4, 0.5) is 0 Å². The quantitative estimate of drug-likeness (QED) is 0.457. The molecule has 1 atom stereocenters. The molecule has 0 radical (unpaired) electrons. The minimum atomic E-state index is -0.447. The number of hydrogen-bond donors (Lipinski definition) is 3. The maximum Gasteiger partial charge on any atom is 0.162 e. The number of phenols is 2. The van der Waals surface area contributed by atoms with E-state index in [1.807, 2.05) is 0 Å². The van der Waals surface area contributed by atoms with Gasteiger partial charge in [-0.25, -0.2) is 0 Å². The van der Waals surface area contributed by atoms with Gasteiger partial charge >= 0.3 is 0 Å². The first-order chi connectivity index (χ1) is 5.66. The summed E-state index contributed by atoms with van der Waals surface area (Å²) >= 11 is 0. The van der Waals surface area contributed by atoms with Crippen LogP contribution in [-0.4, -0.2) is 10.2 Å². The van der Waals surface area contributed by atoms with Crippen molar-refractivity contribution in [3.63, 3.8) is 0 Å². The van der Waals surface area contributed by atoms with Crippen LogP contribution in [0.15, 0.2) is 30.9 Å². The minimum absolute atomic E-state index is 0.162. The lowest BCUT2D eigenvalue weighted by Crippen LogP contribution is -2.06. The molecule has 0 bridgehead atoms. The summed E-state index contributed by atoms with van der Waals surface area (Å²) < 4.78 is 0. The third kappa shape index (κ3) is 1.40. The lowest BCUT2D eigenvalue weighted by atomic mass is 10.1. The van der Waals surface area contributed by atoms with Gasteiger partial charge in [-0.05, 0) is 6.07 Å². The monoisotopic (exact) mass is 165 g/mol. The van der Waals surface area contributed by atoms with Crippen molar-refractivity contribution in [1.29, 1.82) is 0 Å². The van der Waals surface area contributed by atoms with Gasteiger partial charge in [-0.15, -0.1) is 6.58 Å². The molecule has 0 saturated carbocycles. The second-order valence-corrected chi connectivity index (χ2v) is 2.48. The lowest BCUT2D eigenvalue weighted by molar-refractivity contribution is 0.398. The lowest BCUT2D eigenvalue weighted by Gasteiger charge is -2.09. The molecule has 12 heavy (non-hydrogen) atoms. The molecule has 0 aliphatic rings. The van der Waals surface area contributed by atoms with Crippen molar-refractivity contribution in [2.75, 3.05) is 0 Å². The zero-order valence-electron chi connectivity index (χ0n) is 6.57. The first-order valence-corrected chi connectivity index (χ1v) is 3.55. The van der Waals surface area contributed by atoms with Gasteiger partial charge in [0, 0.05) is 5.56 Å². The molecule has 64 valence electrons. The van der Waals surface area contributed by atoms with Crippen LogP contribution in [0.1, 0.15) is 11.6 Å². The Morgan fingerprint density at radius 2 is 2.08 bits per heavy atom. The van der Waals surface area contributed by atoms with E-state index < -0.39 is 6.04 Å². The van der Waals surface area contributed by atoms with E-state index in [2.05, 4.69) is 6.58 Å². The van der Waals surface area contributed by atoms with Crippen LogP contribution in [0.25, 0.3) is 0 Å². The number of aromatic hydroxyl groups is 2. The van der Waals surface area contributed by atoms with Gasteiger partial charge in [0.1, 0.15) is 0 Å².